The fraction of sp³-hybridized carbons (Fsp3) is 0.235. The number of rotatable bonds is 5. The molecule has 0 aliphatic rings. The highest BCUT2D eigenvalue weighted by Crippen LogP contribution is 2.13. The fourth-order valence-electron chi connectivity index (χ4n) is 2.18. The molecule has 0 aliphatic carbocycles. The Morgan fingerprint density at radius 2 is 1.67 bits per heavy atom. The Bertz CT molecular complexity index is 583. The van der Waals surface area contributed by atoms with Gasteiger partial charge in [0.25, 0.3) is 5.91 Å². The zero-order valence-corrected chi connectivity index (χ0v) is 13.0. The molecule has 21 heavy (non-hydrogen) atoms. The molecular formula is C17H20ClN2O+. The van der Waals surface area contributed by atoms with E-state index in [1.165, 1.54) is 5.56 Å². The predicted octanol–water partition coefficient (Wildman–Crippen LogP) is 2.99. The summed E-state index contributed by atoms with van der Waals surface area (Å²) in [6.45, 7) is 4.01. The first kappa shape index (κ1) is 15.5. The lowest BCUT2D eigenvalue weighted by Crippen LogP contribution is -2.91. The van der Waals surface area contributed by atoms with Gasteiger partial charge in [0.1, 0.15) is 6.04 Å². The van der Waals surface area contributed by atoms with Gasteiger partial charge in [-0.3, -0.25) is 4.79 Å². The van der Waals surface area contributed by atoms with Crippen molar-refractivity contribution < 1.29 is 10.1 Å². The number of anilines is 1. The molecule has 2 aromatic carbocycles. The average Bonchev–Trinajstić information content (AvgIpc) is 2.50. The van der Waals surface area contributed by atoms with E-state index >= 15 is 0 Å². The fourth-order valence-corrected chi connectivity index (χ4v) is 2.30. The zero-order valence-electron chi connectivity index (χ0n) is 12.2. The van der Waals surface area contributed by atoms with Crippen molar-refractivity contribution in [2.24, 2.45) is 0 Å². The van der Waals surface area contributed by atoms with E-state index in [0.29, 0.717) is 5.02 Å². The summed E-state index contributed by atoms with van der Waals surface area (Å²) in [5, 5.41) is 5.61. The highest BCUT2D eigenvalue weighted by atomic mass is 35.5. The Morgan fingerprint density at radius 3 is 2.29 bits per heavy atom. The Labute approximate surface area is 130 Å². The number of carbonyl (C=O) groups is 1. The summed E-state index contributed by atoms with van der Waals surface area (Å²) in [4.78, 5) is 12.2. The van der Waals surface area contributed by atoms with Crippen molar-refractivity contribution >= 4 is 23.2 Å². The molecule has 0 saturated heterocycles. The molecule has 0 fully saturated rings. The highest BCUT2D eigenvalue weighted by Gasteiger charge is 2.20. The maximum Gasteiger partial charge on any atom is 0.282 e. The van der Waals surface area contributed by atoms with Gasteiger partial charge in [-0.15, -0.1) is 0 Å². The number of amides is 1. The Morgan fingerprint density at radius 1 is 1.05 bits per heavy atom. The van der Waals surface area contributed by atoms with Crippen LogP contribution in [0.5, 0.6) is 0 Å². The first-order valence-electron chi connectivity index (χ1n) is 7.02. The monoisotopic (exact) mass is 303 g/mol. The molecule has 0 heterocycles. The molecule has 0 radical (unpaired) electrons. The van der Waals surface area contributed by atoms with Gasteiger partial charge in [0, 0.05) is 16.3 Å². The van der Waals surface area contributed by atoms with Crippen LogP contribution in [-0.4, -0.2) is 11.9 Å². The van der Waals surface area contributed by atoms with Crippen molar-refractivity contribution in [2.45, 2.75) is 25.9 Å². The van der Waals surface area contributed by atoms with E-state index in [1.807, 2.05) is 25.1 Å². The molecule has 2 atom stereocenters. The predicted molar refractivity (Wildman–Crippen MR) is 86.3 cm³/mol. The highest BCUT2D eigenvalue weighted by molar-refractivity contribution is 6.30. The van der Waals surface area contributed by atoms with Gasteiger partial charge in [0.05, 0.1) is 0 Å². The third-order valence-electron chi connectivity index (χ3n) is 3.43. The van der Waals surface area contributed by atoms with Gasteiger partial charge in [-0.1, -0.05) is 41.9 Å². The van der Waals surface area contributed by atoms with Crippen LogP contribution in [-0.2, 0) is 4.79 Å². The minimum absolute atomic E-state index is 0.0138. The second-order valence-electron chi connectivity index (χ2n) is 5.18. The molecule has 3 N–H and O–H groups in total. The number of benzene rings is 2. The van der Waals surface area contributed by atoms with Gasteiger partial charge in [0.15, 0.2) is 6.04 Å². The third kappa shape index (κ3) is 4.59. The lowest BCUT2D eigenvalue weighted by Gasteiger charge is -2.16. The molecule has 0 unspecified atom stereocenters. The van der Waals surface area contributed by atoms with E-state index in [0.717, 1.165) is 5.69 Å². The minimum Gasteiger partial charge on any atom is -0.330 e. The first-order valence-corrected chi connectivity index (χ1v) is 7.40. The van der Waals surface area contributed by atoms with Crippen molar-refractivity contribution in [3.8, 4) is 0 Å². The maximum atomic E-state index is 12.2. The lowest BCUT2D eigenvalue weighted by molar-refractivity contribution is -0.709. The van der Waals surface area contributed by atoms with Crippen LogP contribution in [0.25, 0.3) is 0 Å². The number of nitrogens with one attached hydrogen (secondary N) is 1. The molecule has 2 rings (SSSR count). The lowest BCUT2D eigenvalue weighted by atomic mass is 10.1. The van der Waals surface area contributed by atoms with Crippen LogP contribution in [0.15, 0.2) is 54.6 Å². The van der Waals surface area contributed by atoms with Crippen LogP contribution in [0.2, 0.25) is 5.02 Å². The zero-order chi connectivity index (χ0) is 15.2. The molecule has 0 aliphatic heterocycles. The summed E-state index contributed by atoms with van der Waals surface area (Å²) >= 11 is 5.83. The summed E-state index contributed by atoms with van der Waals surface area (Å²) in [5.41, 5.74) is 1.97. The summed E-state index contributed by atoms with van der Waals surface area (Å²) < 4.78 is 0. The van der Waals surface area contributed by atoms with Crippen LogP contribution in [0, 0.1) is 0 Å². The normalized spacial score (nSPS) is 13.5. The topological polar surface area (TPSA) is 45.7 Å². The van der Waals surface area contributed by atoms with E-state index < -0.39 is 0 Å². The summed E-state index contributed by atoms with van der Waals surface area (Å²) in [5.74, 6) is -0.0138. The van der Waals surface area contributed by atoms with Crippen molar-refractivity contribution in [1.29, 1.82) is 0 Å². The summed E-state index contributed by atoms with van der Waals surface area (Å²) in [6, 6.07) is 17.4. The summed E-state index contributed by atoms with van der Waals surface area (Å²) in [7, 11) is 0. The number of nitrogens with two attached hydrogens (primary N) is 1. The third-order valence-corrected chi connectivity index (χ3v) is 3.68. The SMILES string of the molecule is C[C@H]([NH2+][C@@H](C)c1ccccc1)C(=O)Nc1ccc(Cl)cc1. The molecule has 0 aromatic heterocycles. The first-order chi connectivity index (χ1) is 10.1. The van der Waals surface area contributed by atoms with Gasteiger partial charge in [0.2, 0.25) is 0 Å². The van der Waals surface area contributed by atoms with E-state index in [2.05, 4.69) is 29.7 Å². The van der Waals surface area contributed by atoms with Crippen LogP contribution >= 0.6 is 11.6 Å². The molecule has 110 valence electrons. The van der Waals surface area contributed by atoms with E-state index in [9.17, 15) is 4.79 Å². The quantitative estimate of drug-likeness (QED) is 0.876. The van der Waals surface area contributed by atoms with E-state index in [4.69, 9.17) is 11.6 Å². The summed E-state index contributed by atoms with van der Waals surface area (Å²) in [6.07, 6.45) is 0. The smallest absolute Gasteiger partial charge is 0.282 e. The van der Waals surface area contributed by atoms with Crippen LogP contribution in [0.1, 0.15) is 25.5 Å². The Balaban J connectivity index is 1.92. The molecule has 2 aromatic rings. The molecular weight excluding hydrogens is 284 g/mol. The molecule has 1 amide bonds. The van der Waals surface area contributed by atoms with Gasteiger partial charge >= 0.3 is 0 Å². The average molecular weight is 304 g/mol. The van der Waals surface area contributed by atoms with Crippen LogP contribution in [0.4, 0.5) is 5.69 Å². The molecule has 0 saturated carbocycles. The van der Waals surface area contributed by atoms with Crippen molar-refractivity contribution in [1.82, 2.24) is 0 Å². The minimum atomic E-state index is -0.170. The Hall–Kier alpha value is -1.84. The second-order valence-corrected chi connectivity index (χ2v) is 5.61. The largest absolute Gasteiger partial charge is 0.330 e. The number of quaternary nitrogens is 1. The second kappa shape index (κ2) is 7.25. The Kier molecular flexibility index (Phi) is 5.37. The number of hydrogen-bond donors (Lipinski definition) is 2. The van der Waals surface area contributed by atoms with Crippen LogP contribution < -0.4 is 10.6 Å². The van der Waals surface area contributed by atoms with E-state index in [1.54, 1.807) is 24.3 Å². The van der Waals surface area contributed by atoms with Gasteiger partial charge < -0.3 is 10.6 Å². The molecule has 0 bridgehead atoms. The van der Waals surface area contributed by atoms with Gasteiger partial charge in [-0.25, -0.2) is 0 Å². The molecule has 0 spiro atoms. The van der Waals surface area contributed by atoms with Crippen LogP contribution in [0.3, 0.4) is 0 Å². The number of carbonyl (C=O) groups excluding carboxylic acids is 1. The van der Waals surface area contributed by atoms with Crippen molar-refractivity contribution in [3.63, 3.8) is 0 Å². The number of hydrogen-bond acceptors (Lipinski definition) is 1. The standard InChI is InChI=1S/C17H19ClN2O/c1-12(14-6-4-3-5-7-14)19-13(2)17(21)20-16-10-8-15(18)9-11-16/h3-13,19H,1-2H3,(H,20,21)/p+1/t12-,13-/m0/s1. The van der Waals surface area contributed by atoms with Gasteiger partial charge in [-0.05, 0) is 38.1 Å². The van der Waals surface area contributed by atoms with Gasteiger partial charge in [-0.2, -0.15) is 0 Å². The van der Waals surface area contributed by atoms with Crippen molar-refractivity contribution in [2.75, 3.05) is 5.32 Å². The number of halogens is 1. The maximum absolute atomic E-state index is 12.2. The molecule has 4 heteroatoms. The molecule has 3 nitrogen and oxygen atoms in total. The van der Waals surface area contributed by atoms with E-state index in [-0.39, 0.29) is 18.0 Å². The van der Waals surface area contributed by atoms with Crippen molar-refractivity contribution in [3.05, 3.63) is 65.2 Å².